The van der Waals surface area contributed by atoms with Gasteiger partial charge in [0.15, 0.2) is 5.82 Å². The van der Waals surface area contributed by atoms with Crippen LogP contribution in [0.1, 0.15) is 51.3 Å². The number of methoxy groups -OCH3 is 1. The maximum Gasteiger partial charge on any atom is 0.246 e. The minimum atomic E-state index is -3.52. The molecule has 0 saturated carbocycles. The first kappa shape index (κ1) is 52.3. The lowest BCUT2D eigenvalue weighted by molar-refractivity contribution is -0.145. The van der Waals surface area contributed by atoms with Crippen LogP contribution in [0, 0.1) is 24.2 Å². The van der Waals surface area contributed by atoms with E-state index in [2.05, 4.69) is 46.0 Å². The number of anilines is 6. The van der Waals surface area contributed by atoms with E-state index in [0.29, 0.717) is 41.8 Å². The third-order valence-electron chi connectivity index (χ3n) is 13.7. The van der Waals surface area contributed by atoms with Gasteiger partial charge in [-0.3, -0.25) is 18.7 Å². The first-order valence-corrected chi connectivity index (χ1v) is 27.2. The van der Waals surface area contributed by atoms with Crippen molar-refractivity contribution < 1.29 is 32.6 Å². The zero-order valence-electron chi connectivity index (χ0n) is 41.7. The molecule has 18 nitrogen and oxygen atoms in total. The van der Waals surface area contributed by atoms with Gasteiger partial charge in [-0.05, 0) is 66.5 Å². The van der Waals surface area contributed by atoms with E-state index in [0.717, 1.165) is 66.1 Å². The third kappa shape index (κ3) is 12.2. The van der Waals surface area contributed by atoms with Crippen LogP contribution in [0.3, 0.4) is 0 Å². The molecular weight excluding hydrogens is 978 g/mol. The van der Waals surface area contributed by atoms with Gasteiger partial charge in [-0.25, -0.2) is 18.4 Å². The summed E-state index contributed by atoms with van der Waals surface area (Å²) in [5.41, 5.74) is 6.69. The first-order valence-electron chi connectivity index (χ1n) is 24.1. The quantitative estimate of drug-likeness (QED) is 0.0681. The Hall–Kier alpha value is -6.06. The predicted molar refractivity (Wildman–Crippen MR) is 283 cm³/mol. The van der Waals surface area contributed by atoms with Crippen molar-refractivity contribution in [1.82, 2.24) is 35.4 Å². The highest BCUT2D eigenvalue weighted by atomic mass is 35.5. The fourth-order valence-electron chi connectivity index (χ4n) is 9.44. The van der Waals surface area contributed by atoms with Crippen LogP contribution in [0.25, 0.3) is 10.4 Å². The van der Waals surface area contributed by atoms with Crippen molar-refractivity contribution in [3.8, 4) is 16.2 Å². The van der Waals surface area contributed by atoms with E-state index in [4.69, 9.17) is 16.3 Å². The van der Waals surface area contributed by atoms with E-state index in [1.54, 1.807) is 42.7 Å². The molecule has 3 atom stereocenters. The lowest BCUT2D eigenvalue weighted by Gasteiger charge is -2.43. The van der Waals surface area contributed by atoms with Crippen LogP contribution >= 0.6 is 22.9 Å². The minimum Gasteiger partial charge on any atom is -0.494 e. The monoisotopic (exact) mass is 1040 g/mol. The summed E-state index contributed by atoms with van der Waals surface area (Å²) in [5, 5.41) is 23.3. The Bertz CT molecular complexity index is 2870. The van der Waals surface area contributed by atoms with Gasteiger partial charge in [0.25, 0.3) is 0 Å². The van der Waals surface area contributed by atoms with Gasteiger partial charge in [0.05, 0.1) is 64.7 Å². The number of carbonyl (C=O) groups is 3. The summed E-state index contributed by atoms with van der Waals surface area (Å²) < 4.78 is 31.6. The number of aliphatic hydroxyl groups is 1. The van der Waals surface area contributed by atoms with Gasteiger partial charge >= 0.3 is 0 Å². The average molecular weight is 1040 g/mol. The number of para-hydroxylation sites is 2. The summed E-state index contributed by atoms with van der Waals surface area (Å²) in [4.78, 5) is 62.0. The lowest BCUT2D eigenvalue weighted by atomic mass is 9.84. The standard InChI is InChI=1S/C51H64ClN11O7S2/c1-31-44(71-30-55-31)34-14-12-32(13-15-34)24-53-48(66)42-23-37(64)29-63(42)49(67)45(51(2,3)4)58-47(65)35-27-61(28-35)26-33-18-20-62(21-19-33)36-16-17-40(43(22-36)70-6)57-50-54-25-38(52)46(59-50)56-39-10-8-9-11-41(39)60(5)72(7,68)69/h8-17,22,25,30,33,35,37,42,45,64H,18-21,23-24,26-29H2,1-7H3,(H,53,66)(H,58,65)(H2,54,56,57,59)/t37-,42+,45-/m1/s1. The number of thiazole rings is 1. The number of halogens is 1. The van der Waals surface area contributed by atoms with E-state index in [1.165, 1.54) is 22.4 Å². The van der Waals surface area contributed by atoms with Crippen LogP contribution in [0.4, 0.5) is 34.5 Å². The molecule has 3 aliphatic heterocycles. The van der Waals surface area contributed by atoms with Gasteiger partial charge < -0.3 is 45.8 Å². The Labute approximate surface area is 430 Å². The Kier molecular flexibility index (Phi) is 15.9. The normalized spacial score (nSPS) is 18.3. The molecule has 3 aliphatic rings. The van der Waals surface area contributed by atoms with Crippen LogP contribution in [0.15, 0.2) is 78.4 Å². The van der Waals surface area contributed by atoms with E-state index >= 15 is 0 Å². The second-order valence-electron chi connectivity index (χ2n) is 20.0. The van der Waals surface area contributed by atoms with E-state index in [1.807, 2.05) is 75.7 Å². The van der Waals surface area contributed by atoms with Gasteiger partial charge in [0.1, 0.15) is 22.9 Å². The van der Waals surface area contributed by atoms with Crippen molar-refractivity contribution in [2.75, 3.05) is 79.5 Å². The minimum absolute atomic E-state index is 0.0158. The smallest absolute Gasteiger partial charge is 0.246 e. The van der Waals surface area contributed by atoms with Crippen LogP contribution in [0.2, 0.25) is 5.02 Å². The highest BCUT2D eigenvalue weighted by molar-refractivity contribution is 7.92. The summed E-state index contributed by atoms with van der Waals surface area (Å²) >= 11 is 8.06. The molecule has 0 aliphatic carbocycles. The number of aliphatic hydroxyl groups excluding tert-OH is 1. The summed E-state index contributed by atoms with van der Waals surface area (Å²) in [6, 6.07) is 19.1. The molecule has 3 aromatic carbocycles. The number of amides is 3. The number of hydrogen-bond acceptors (Lipinski definition) is 15. The molecule has 72 heavy (non-hydrogen) atoms. The summed E-state index contributed by atoms with van der Waals surface area (Å²) in [6.07, 6.45) is 3.81. The second kappa shape index (κ2) is 22.0. The predicted octanol–water partition coefficient (Wildman–Crippen LogP) is 6.41. The number of hydrogen-bond donors (Lipinski definition) is 5. The summed E-state index contributed by atoms with van der Waals surface area (Å²) in [5.74, 6) is 0.442. The fraction of sp³-hybridized carbons (Fsp3) is 0.451. The highest BCUT2D eigenvalue weighted by Gasteiger charge is 2.46. The Balaban J connectivity index is 0.802. The van der Waals surface area contributed by atoms with Crippen LogP contribution in [0.5, 0.6) is 5.75 Å². The number of rotatable bonds is 17. The second-order valence-corrected chi connectivity index (χ2v) is 23.3. The average Bonchev–Trinajstić information content (AvgIpc) is 3.96. The zero-order valence-corrected chi connectivity index (χ0v) is 44.1. The molecule has 0 spiro atoms. The molecular formula is C51H64ClN11O7S2. The molecule has 5 N–H and O–H groups in total. The Morgan fingerprint density at radius 3 is 2.36 bits per heavy atom. The molecule has 0 radical (unpaired) electrons. The van der Waals surface area contributed by atoms with Crippen molar-refractivity contribution in [1.29, 1.82) is 0 Å². The van der Waals surface area contributed by atoms with Gasteiger partial charge in [0, 0.05) is 71.0 Å². The number of likely N-dealkylation sites (tertiary alicyclic amines) is 2. The number of carbonyl (C=O) groups excluding carboxylic acids is 3. The number of ether oxygens (including phenoxy) is 1. The Morgan fingerprint density at radius 2 is 1.69 bits per heavy atom. The highest BCUT2D eigenvalue weighted by Crippen LogP contribution is 2.36. The zero-order chi connectivity index (χ0) is 51.5. The molecule has 3 fully saturated rings. The molecule has 5 aromatic rings. The maximum atomic E-state index is 14.2. The van der Waals surface area contributed by atoms with Gasteiger partial charge in [-0.1, -0.05) is 68.8 Å². The number of nitrogens with one attached hydrogen (secondary N) is 4. The largest absolute Gasteiger partial charge is 0.494 e. The van der Waals surface area contributed by atoms with E-state index < -0.39 is 33.6 Å². The molecule has 0 unspecified atom stereocenters. The fourth-order valence-corrected chi connectivity index (χ4v) is 10.9. The molecule has 3 saturated heterocycles. The van der Waals surface area contributed by atoms with Crippen molar-refractivity contribution in [3.05, 3.63) is 94.7 Å². The number of benzene rings is 3. The van der Waals surface area contributed by atoms with Gasteiger partial charge in [-0.15, -0.1) is 11.3 Å². The van der Waals surface area contributed by atoms with Crippen molar-refractivity contribution in [2.24, 2.45) is 17.3 Å². The number of aryl methyl sites for hydroxylation is 1. The molecule has 8 rings (SSSR count). The van der Waals surface area contributed by atoms with Crippen LogP contribution in [-0.4, -0.2) is 134 Å². The first-order chi connectivity index (χ1) is 34.2. The van der Waals surface area contributed by atoms with Crippen molar-refractivity contribution in [3.63, 3.8) is 0 Å². The third-order valence-corrected chi connectivity index (χ3v) is 16.1. The number of β-amino-alcohol motifs (C(OH)–C–C–N with tert-alkyl or cyclic N) is 1. The molecule has 384 valence electrons. The topological polar surface area (TPSA) is 215 Å². The molecule has 21 heteroatoms. The Morgan fingerprint density at radius 1 is 0.972 bits per heavy atom. The molecule has 3 amide bonds. The van der Waals surface area contributed by atoms with E-state index in [9.17, 15) is 27.9 Å². The summed E-state index contributed by atoms with van der Waals surface area (Å²) in [7, 11) is -0.444. The van der Waals surface area contributed by atoms with E-state index in [-0.39, 0.29) is 59.9 Å². The SMILES string of the molecule is COc1cc(N2CCC(CN3CC(C(=O)N[C@H](C(=O)N4C[C@H](O)C[C@H]4C(=O)NCc4ccc(-c5scnc5C)cc4)C(C)(C)C)C3)CC2)ccc1Nc1ncc(Cl)c(Nc2ccccc2N(C)S(C)(=O)=O)n1. The van der Waals surface area contributed by atoms with Gasteiger partial charge in [0.2, 0.25) is 33.7 Å². The molecule has 0 bridgehead atoms. The van der Waals surface area contributed by atoms with Crippen LogP contribution < -0.4 is 35.2 Å². The number of aromatic nitrogens is 3. The molecule has 2 aromatic heterocycles. The lowest BCUT2D eigenvalue weighted by Crippen LogP contribution is -2.61. The van der Waals surface area contributed by atoms with Crippen molar-refractivity contribution in [2.45, 2.75) is 71.7 Å². The number of piperidine rings is 1. The molecule has 5 heterocycles. The van der Waals surface area contributed by atoms with Crippen molar-refractivity contribution >= 4 is 85.2 Å². The summed E-state index contributed by atoms with van der Waals surface area (Å²) in [6.45, 7) is 11.7. The number of sulfonamides is 1. The maximum absolute atomic E-state index is 14.2. The van der Waals surface area contributed by atoms with Crippen LogP contribution in [-0.2, 0) is 31.0 Å². The number of nitrogens with zero attached hydrogens (tertiary/aromatic N) is 7. The van der Waals surface area contributed by atoms with Gasteiger partial charge in [-0.2, -0.15) is 4.98 Å².